The zero-order valence-corrected chi connectivity index (χ0v) is 11.7. The van der Waals surface area contributed by atoms with Crippen LogP contribution in [0.3, 0.4) is 0 Å². The molecule has 5 heteroatoms. The second-order valence-corrected chi connectivity index (χ2v) is 7.05. The Morgan fingerprint density at radius 2 is 1.40 bits per heavy atom. The Morgan fingerprint density at radius 3 is 1.80 bits per heavy atom. The summed E-state index contributed by atoms with van der Waals surface area (Å²) < 4.78 is 18.4. The highest BCUT2D eigenvalue weighted by atomic mass is 31.2. The van der Waals surface area contributed by atoms with Crippen molar-refractivity contribution in [2.24, 2.45) is 0 Å². The number of hydrogen-bond donors (Lipinski definition) is 1. The summed E-state index contributed by atoms with van der Waals surface area (Å²) >= 11 is 0. The van der Waals surface area contributed by atoms with E-state index in [0.717, 1.165) is 0 Å². The second kappa shape index (κ2) is 6.51. The molecular formula is C15H15O4P. The predicted octanol–water partition coefficient (Wildman–Crippen LogP) is 2.06. The van der Waals surface area contributed by atoms with E-state index in [1.807, 2.05) is 36.4 Å². The molecule has 1 N–H and O–H groups in total. The third-order valence-corrected chi connectivity index (χ3v) is 5.66. The zero-order chi connectivity index (χ0) is 14.4. The van der Waals surface area contributed by atoms with E-state index in [0.29, 0.717) is 10.6 Å². The summed E-state index contributed by atoms with van der Waals surface area (Å²) in [6, 6.07) is 18.0. The molecule has 0 saturated carbocycles. The van der Waals surface area contributed by atoms with E-state index in [-0.39, 0.29) is 6.35 Å². The molecule has 0 unspecified atom stereocenters. The average Bonchev–Trinajstić information content (AvgIpc) is 2.48. The number of rotatable bonds is 6. The maximum atomic E-state index is 13.3. The zero-order valence-electron chi connectivity index (χ0n) is 10.8. The van der Waals surface area contributed by atoms with Crippen LogP contribution in [0.1, 0.15) is 0 Å². The monoisotopic (exact) mass is 290 g/mol. The lowest BCUT2D eigenvalue weighted by atomic mass is 10.4. The van der Waals surface area contributed by atoms with Crippen LogP contribution in [0.25, 0.3) is 0 Å². The van der Waals surface area contributed by atoms with Gasteiger partial charge in [-0.2, -0.15) is 0 Å². The minimum absolute atomic E-state index is 0.118. The van der Waals surface area contributed by atoms with Crippen LogP contribution < -0.4 is 10.6 Å². The molecule has 2 rings (SSSR count). The van der Waals surface area contributed by atoms with Gasteiger partial charge in [0.2, 0.25) is 0 Å². The van der Waals surface area contributed by atoms with Crippen LogP contribution in [-0.4, -0.2) is 24.0 Å². The number of benzene rings is 2. The SMILES string of the molecule is O=C(O)COCP(=O)(c1ccccc1)c1ccccc1. The summed E-state index contributed by atoms with van der Waals surface area (Å²) in [5, 5.41) is 9.96. The molecule has 104 valence electrons. The summed E-state index contributed by atoms with van der Waals surface area (Å²) in [5.41, 5.74) is 0. The number of carbonyl (C=O) groups is 1. The first kappa shape index (κ1) is 14.5. The molecule has 0 aliphatic carbocycles. The molecule has 0 fully saturated rings. The van der Waals surface area contributed by atoms with Crippen LogP contribution in [0.4, 0.5) is 0 Å². The van der Waals surface area contributed by atoms with Crippen molar-refractivity contribution in [3.05, 3.63) is 60.7 Å². The van der Waals surface area contributed by atoms with Crippen molar-refractivity contribution >= 4 is 23.7 Å². The van der Waals surface area contributed by atoms with E-state index in [2.05, 4.69) is 0 Å². The summed E-state index contributed by atoms with van der Waals surface area (Å²) in [4.78, 5) is 10.5. The van der Waals surface area contributed by atoms with Gasteiger partial charge in [0.1, 0.15) is 13.0 Å². The molecule has 0 spiro atoms. The highest BCUT2D eigenvalue weighted by Gasteiger charge is 2.27. The minimum Gasteiger partial charge on any atom is -0.480 e. The van der Waals surface area contributed by atoms with Crippen LogP contribution in [0.5, 0.6) is 0 Å². The molecule has 0 radical (unpaired) electrons. The first-order chi connectivity index (χ1) is 9.63. The maximum absolute atomic E-state index is 13.3. The molecule has 0 aromatic heterocycles. The topological polar surface area (TPSA) is 63.6 Å². The third kappa shape index (κ3) is 3.35. The van der Waals surface area contributed by atoms with Crippen LogP contribution in [0.15, 0.2) is 60.7 Å². The summed E-state index contributed by atoms with van der Waals surface area (Å²) in [7, 11) is -2.97. The van der Waals surface area contributed by atoms with Gasteiger partial charge in [-0.1, -0.05) is 60.7 Å². The summed E-state index contributed by atoms with van der Waals surface area (Å²) in [6.45, 7) is -0.455. The highest BCUT2D eigenvalue weighted by molar-refractivity contribution is 7.78. The fourth-order valence-electron chi connectivity index (χ4n) is 1.90. The molecule has 2 aromatic rings. The van der Waals surface area contributed by atoms with Gasteiger partial charge in [0.25, 0.3) is 0 Å². The number of hydrogen-bond acceptors (Lipinski definition) is 3. The number of aliphatic carboxylic acids is 1. The van der Waals surface area contributed by atoms with E-state index < -0.39 is 19.7 Å². The van der Waals surface area contributed by atoms with Crippen molar-refractivity contribution in [2.75, 3.05) is 13.0 Å². The van der Waals surface area contributed by atoms with Gasteiger partial charge in [0, 0.05) is 10.6 Å². The Kier molecular flexibility index (Phi) is 4.72. The maximum Gasteiger partial charge on any atom is 0.329 e. The lowest BCUT2D eigenvalue weighted by Crippen LogP contribution is -2.21. The normalized spacial score (nSPS) is 11.2. The summed E-state index contributed by atoms with van der Waals surface area (Å²) in [5.74, 6) is -1.07. The van der Waals surface area contributed by atoms with Crippen molar-refractivity contribution in [1.82, 2.24) is 0 Å². The smallest absolute Gasteiger partial charge is 0.329 e. The van der Waals surface area contributed by atoms with E-state index in [4.69, 9.17) is 9.84 Å². The molecule has 2 aromatic carbocycles. The number of carboxylic acid groups (broad SMARTS) is 1. The quantitative estimate of drug-likeness (QED) is 0.827. The van der Waals surface area contributed by atoms with Gasteiger partial charge >= 0.3 is 5.97 Å². The van der Waals surface area contributed by atoms with Crippen LogP contribution >= 0.6 is 7.14 Å². The Morgan fingerprint density at radius 1 is 0.950 bits per heavy atom. The third-order valence-electron chi connectivity index (χ3n) is 2.85. The molecule has 20 heavy (non-hydrogen) atoms. The molecular weight excluding hydrogens is 275 g/mol. The first-order valence-electron chi connectivity index (χ1n) is 6.13. The van der Waals surface area contributed by atoms with Gasteiger partial charge in [-0.3, -0.25) is 0 Å². The molecule has 0 aliphatic rings. The Hall–Kier alpha value is -1.90. The number of carboxylic acids is 1. The van der Waals surface area contributed by atoms with Crippen LogP contribution in [0.2, 0.25) is 0 Å². The Balaban J connectivity index is 2.34. The van der Waals surface area contributed by atoms with Crippen LogP contribution in [-0.2, 0) is 14.1 Å². The largest absolute Gasteiger partial charge is 0.480 e. The van der Waals surface area contributed by atoms with Gasteiger partial charge in [0.15, 0.2) is 7.14 Å². The minimum atomic E-state index is -2.97. The predicted molar refractivity (Wildman–Crippen MR) is 78.2 cm³/mol. The van der Waals surface area contributed by atoms with E-state index >= 15 is 0 Å². The van der Waals surface area contributed by atoms with Crippen molar-refractivity contribution < 1.29 is 19.2 Å². The van der Waals surface area contributed by atoms with Gasteiger partial charge in [-0.05, 0) is 0 Å². The molecule has 0 atom stereocenters. The van der Waals surface area contributed by atoms with Gasteiger partial charge in [-0.25, -0.2) is 4.79 Å². The van der Waals surface area contributed by atoms with Gasteiger partial charge in [-0.15, -0.1) is 0 Å². The lowest BCUT2D eigenvalue weighted by molar-refractivity contribution is -0.141. The van der Waals surface area contributed by atoms with Gasteiger partial charge < -0.3 is 14.4 Å². The fourth-order valence-corrected chi connectivity index (χ4v) is 4.15. The molecule has 4 nitrogen and oxygen atoms in total. The van der Waals surface area contributed by atoms with Crippen molar-refractivity contribution in [2.45, 2.75) is 0 Å². The first-order valence-corrected chi connectivity index (χ1v) is 8.02. The number of ether oxygens (including phenoxy) is 1. The van der Waals surface area contributed by atoms with Crippen molar-refractivity contribution in [3.63, 3.8) is 0 Å². The van der Waals surface area contributed by atoms with Crippen molar-refractivity contribution in [1.29, 1.82) is 0 Å². The van der Waals surface area contributed by atoms with E-state index in [9.17, 15) is 9.36 Å². The Bertz CT molecular complexity index is 567. The fraction of sp³-hybridized carbons (Fsp3) is 0.133. The molecule has 0 saturated heterocycles. The highest BCUT2D eigenvalue weighted by Crippen LogP contribution is 2.43. The van der Waals surface area contributed by atoms with Gasteiger partial charge in [0.05, 0.1) is 0 Å². The Labute approximate surface area is 117 Å². The van der Waals surface area contributed by atoms with E-state index in [1.165, 1.54) is 0 Å². The lowest BCUT2D eigenvalue weighted by Gasteiger charge is -2.18. The molecule has 0 amide bonds. The van der Waals surface area contributed by atoms with Crippen molar-refractivity contribution in [3.8, 4) is 0 Å². The second-order valence-electron chi connectivity index (χ2n) is 4.28. The molecule has 0 aliphatic heterocycles. The summed E-state index contributed by atoms with van der Waals surface area (Å²) in [6.07, 6.45) is -0.118. The molecule has 0 heterocycles. The average molecular weight is 290 g/mol. The molecule has 0 bridgehead atoms. The van der Waals surface area contributed by atoms with Crippen LogP contribution in [0, 0.1) is 0 Å². The standard InChI is InChI=1S/C15H15O4P/c16-15(17)11-19-12-20(18,13-7-3-1-4-8-13)14-9-5-2-6-10-14/h1-10H,11-12H2,(H,16,17). The van der Waals surface area contributed by atoms with E-state index in [1.54, 1.807) is 24.3 Å².